The van der Waals surface area contributed by atoms with Crippen LogP contribution in [0.15, 0.2) is 29.2 Å². The molecule has 0 fully saturated rings. The highest BCUT2D eigenvalue weighted by molar-refractivity contribution is 7.89. The molecule has 0 aliphatic rings. The van der Waals surface area contributed by atoms with Crippen LogP contribution in [0, 0.1) is 0 Å². The third kappa shape index (κ3) is 5.87. The van der Waals surface area contributed by atoms with Crippen LogP contribution in [0.4, 0.5) is 5.69 Å². The molecule has 0 saturated heterocycles. The van der Waals surface area contributed by atoms with E-state index < -0.39 is 10.0 Å². The van der Waals surface area contributed by atoms with E-state index in [0.29, 0.717) is 26.3 Å². The summed E-state index contributed by atoms with van der Waals surface area (Å²) in [6.45, 7) is 3.76. The summed E-state index contributed by atoms with van der Waals surface area (Å²) in [5.74, 6) is 0. The van der Waals surface area contributed by atoms with Crippen LogP contribution in [-0.4, -0.2) is 46.4 Å². The zero-order valence-electron chi connectivity index (χ0n) is 11.6. The van der Waals surface area contributed by atoms with Crippen molar-refractivity contribution in [3.63, 3.8) is 0 Å². The number of aliphatic hydroxyl groups excluding tert-OH is 1. The molecule has 0 bridgehead atoms. The van der Waals surface area contributed by atoms with Crippen molar-refractivity contribution in [2.45, 2.75) is 18.2 Å². The van der Waals surface area contributed by atoms with Crippen molar-refractivity contribution in [3.05, 3.63) is 24.3 Å². The molecule has 0 amide bonds. The van der Waals surface area contributed by atoms with Crippen molar-refractivity contribution in [3.8, 4) is 0 Å². The zero-order chi connectivity index (χ0) is 14.8. The molecule has 0 aromatic heterocycles. The highest BCUT2D eigenvalue weighted by Crippen LogP contribution is 2.13. The van der Waals surface area contributed by atoms with Crippen LogP contribution in [0.5, 0.6) is 0 Å². The Hall–Kier alpha value is -1.15. The summed E-state index contributed by atoms with van der Waals surface area (Å²) >= 11 is 0. The molecule has 0 atom stereocenters. The predicted octanol–water partition coefficient (Wildman–Crippen LogP) is 0.796. The van der Waals surface area contributed by atoms with E-state index in [4.69, 9.17) is 9.84 Å². The average Bonchev–Trinajstić information content (AvgIpc) is 2.45. The summed E-state index contributed by atoms with van der Waals surface area (Å²) in [5, 5.41) is 11.6. The molecule has 0 radical (unpaired) electrons. The topological polar surface area (TPSA) is 87.7 Å². The van der Waals surface area contributed by atoms with Crippen LogP contribution in [0.3, 0.4) is 0 Å². The van der Waals surface area contributed by atoms with Crippen LogP contribution >= 0.6 is 0 Å². The summed E-state index contributed by atoms with van der Waals surface area (Å²) in [7, 11) is -3.40. The van der Waals surface area contributed by atoms with E-state index in [1.807, 2.05) is 6.92 Å². The molecular formula is C13H22N2O4S. The lowest BCUT2D eigenvalue weighted by molar-refractivity contribution is 0.0992. The van der Waals surface area contributed by atoms with E-state index in [1.165, 1.54) is 0 Å². The Labute approximate surface area is 120 Å². The summed E-state index contributed by atoms with van der Waals surface area (Å²) < 4.78 is 31.3. The molecular weight excluding hydrogens is 280 g/mol. The third-order valence-corrected chi connectivity index (χ3v) is 3.99. The van der Waals surface area contributed by atoms with E-state index in [0.717, 1.165) is 12.1 Å². The highest BCUT2D eigenvalue weighted by Gasteiger charge is 2.12. The normalized spacial score (nSPS) is 11.5. The number of ether oxygens (including phenoxy) is 1. The molecule has 0 heterocycles. The summed E-state index contributed by atoms with van der Waals surface area (Å²) in [4.78, 5) is 0.257. The second kappa shape index (κ2) is 8.91. The molecule has 1 aromatic rings. The first-order valence-corrected chi connectivity index (χ1v) is 8.10. The largest absolute Gasteiger partial charge is 0.394 e. The Morgan fingerprint density at radius 1 is 1.15 bits per heavy atom. The minimum atomic E-state index is -3.40. The van der Waals surface area contributed by atoms with Crippen molar-refractivity contribution in [2.24, 2.45) is 0 Å². The Morgan fingerprint density at radius 2 is 1.85 bits per heavy atom. The number of hydrogen-bond donors (Lipinski definition) is 3. The number of sulfonamides is 1. The van der Waals surface area contributed by atoms with E-state index >= 15 is 0 Å². The van der Waals surface area contributed by atoms with E-state index in [-0.39, 0.29) is 11.5 Å². The molecule has 20 heavy (non-hydrogen) atoms. The fourth-order valence-electron chi connectivity index (χ4n) is 1.51. The molecule has 0 aliphatic carbocycles. The van der Waals surface area contributed by atoms with Gasteiger partial charge in [0.15, 0.2) is 0 Å². The number of nitrogens with one attached hydrogen (secondary N) is 2. The second-order valence-corrected chi connectivity index (χ2v) is 5.95. The SMILES string of the molecule is CCCNS(=O)(=O)c1ccc(NCCOCCO)cc1. The summed E-state index contributed by atoms with van der Waals surface area (Å²) in [6.07, 6.45) is 0.757. The maximum Gasteiger partial charge on any atom is 0.240 e. The molecule has 0 spiro atoms. The standard InChI is InChI=1S/C13H22N2O4S/c1-2-7-15-20(17,18)13-5-3-12(4-6-13)14-8-10-19-11-9-16/h3-6,14-16H,2,7-11H2,1H3. The van der Waals surface area contributed by atoms with Crippen molar-refractivity contribution in [1.82, 2.24) is 4.72 Å². The number of hydrogen-bond acceptors (Lipinski definition) is 5. The zero-order valence-corrected chi connectivity index (χ0v) is 12.4. The lowest BCUT2D eigenvalue weighted by Gasteiger charge is -2.09. The van der Waals surface area contributed by atoms with Gasteiger partial charge in [0.25, 0.3) is 0 Å². The molecule has 1 aromatic carbocycles. The van der Waals surface area contributed by atoms with Crippen LogP contribution in [0.1, 0.15) is 13.3 Å². The maximum atomic E-state index is 11.9. The average molecular weight is 302 g/mol. The van der Waals surface area contributed by atoms with Gasteiger partial charge in [0.1, 0.15) is 0 Å². The molecule has 7 heteroatoms. The monoisotopic (exact) mass is 302 g/mol. The van der Waals surface area contributed by atoms with Gasteiger partial charge in [-0.25, -0.2) is 13.1 Å². The highest BCUT2D eigenvalue weighted by atomic mass is 32.2. The van der Waals surface area contributed by atoms with Gasteiger partial charge in [-0.2, -0.15) is 0 Å². The number of anilines is 1. The summed E-state index contributed by atoms with van der Waals surface area (Å²) in [5.41, 5.74) is 0.826. The minimum absolute atomic E-state index is 0.0112. The first-order valence-electron chi connectivity index (χ1n) is 6.62. The smallest absolute Gasteiger partial charge is 0.240 e. The van der Waals surface area contributed by atoms with Crippen molar-refractivity contribution >= 4 is 15.7 Å². The van der Waals surface area contributed by atoms with Gasteiger partial charge >= 0.3 is 0 Å². The van der Waals surface area contributed by atoms with Gasteiger partial charge < -0.3 is 15.2 Å². The van der Waals surface area contributed by atoms with Gasteiger partial charge in [-0.15, -0.1) is 0 Å². The first kappa shape index (κ1) is 16.9. The predicted molar refractivity (Wildman–Crippen MR) is 78.3 cm³/mol. The third-order valence-electron chi connectivity index (χ3n) is 2.52. The fraction of sp³-hybridized carbons (Fsp3) is 0.538. The first-order chi connectivity index (χ1) is 9.60. The number of rotatable bonds is 10. The number of aliphatic hydroxyl groups is 1. The van der Waals surface area contributed by atoms with Crippen molar-refractivity contribution in [2.75, 3.05) is 38.2 Å². The molecule has 0 saturated carbocycles. The van der Waals surface area contributed by atoms with Crippen molar-refractivity contribution in [1.29, 1.82) is 0 Å². The van der Waals surface area contributed by atoms with E-state index in [9.17, 15) is 8.42 Å². The molecule has 1 rings (SSSR count). The van der Waals surface area contributed by atoms with Gasteiger partial charge in [0, 0.05) is 18.8 Å². The molecule has 114 valence electrons. The van der Waals surface area contributed by atoms with Gasteiger partial charge in [-0.05, 0) is 30.7 Å². The Morgan fingerprint density at radius 3 is 2.45 bits per heavy atom. The number of benzene rings is 1. The Balaban J connectivity index is 2.47. The molecule has 3 N–H and O–H groups in total. The molecule has 0 aliphatic heterocycles. The quantitative estimate of drug-likeness (QED) is 0.556. The van der Waals surface area contributed by atoms with Crippen molar-refractivity contribution < 1.29 is 18.3 Å². The Kier molecular flexibility index (Phi) is 7.53. The fourth-order valence-corrected chi connectivity index (χ4v) is 2.64. The molecule has 0 unspecified atom stereocenters. The van der Waals surface area contributed by atoms with E-state index in [2.05, 4.69) is 10.0 Å². The van der Waals surface area contributed by atoms with Gasteiger partial charge in [0.05, 0.1) is 24.7 Å². The lowest BCUT2D eigenvalue weighted by Crippen LogP contribution is -2.24. The van der Waals surface area contributed by atoms with Crippen LogP contribution < -0.4 is 10.0 Å². The second-order valence-electron chi connectivity index (χ2n) is 4.18. The maximum absolute atomic E-state index is 11.9. The van der Waals surface area contributed by atoms with Gasteiger partial charge in [0.2, 0.25) is 10.0 Å². The van der Waals surface area contributed by atoms with Gasteiger partial charge in [-0.1, -0.05) is 6.92 Å². The summed E-state index contributed by atoms with van der Waals surface area (Å²) in [6, 6.07) is 6.56. The van der Waals surface area contributed by atoms with E-state index in [1.54, 1.807) is 24.3 Å². The van der Waals surface area contributed by atoms with Crippen LogP contribution in [0.2, 0.25) is 0 Å². The van der Waals surface area contributed by atoms with Gasteiger partial charge in [-0.3, -0.25) is 0 Å². The van der Waals surface area contributed by atoms with Crippen LogP contribution in [0.25, 0.3) is 0 Å². The lowest BCUT2D eigenvalue weighted by atomic mass is 10.3. The molecule has 6 nitrogen and oxygen atoms in total. The minimum Gasteiger partial charge on any atom is -0.394 e. The van der Waals surface area contributed by atoms with Crippen LogP contribution in [-0.2, 0) is 14.8 Å². The Bertz CT molecular complexity index is 474.